The number of hydrogen-bond acceptors (Lipinski definition) is 3. The molecular formula is C15H13FO3. The Balaban J connectivity index is 2.61. The highest BCUT2D eigenvalue weighted by molar-refractivity contribution is 5.89. The van der Waals surface area contributed by atoms with Gasteiger partial charge in [0.2, 0.25) is 0 Å². The van der Waals surface area contributed by atoms with E-state index >= 15 is 0 Å². The second-order valence-electron chi connectivity index (χ2n) is 3.92. The molecule has 19 heavy (non-hydrogen) atoms. The molecule has 0 N–H and O–H groups in total. The van der Waals surface area contributed by atoms with Crippen LogP contribution in [0, 0.1) is 5.82 Å². The number of methoxy groups -OCH3 is 2. The minimum absolute atomic E-state index is 0.281. The zero-order valence-electron chi connectivity index (χ0n) is 10.6. The first-order valence-corrected chi connectivity index (χ1v) is 5.66. The Labute approximate surface area is 110 Å². The van der Waals surface area contributed by atoms with Gasteiger partial charge >= 0.3 is 0 Å². The molecule has 0 spiro atoms. The summed E-state index contributed by atoms with van der Waals surface area (Å²) in [6, 6.07) is 9.32. The van der Waals surface area contributed by atoms with Crippen molar-refractivity contribution in [3.05, 3.63) is 47.8 Å². The van der Waals surface area contributed by atoms with Crippen molar-refractivity contribution in [1.82, 2.24) is 0 Å². The lowest BCUT2D eigenvalue weighted by atomic mass is 9.99. The van der Waals surface area contributed by atoms with Gasteiger partial charge in [0.15, 0.2) is 6.29 Å². The van der Waals surface area contributed by atoms with Gasteiger partial charge in [0.1, 0.15) is 17.3 Å². The lowest BCUT2D eigenvalue weighted by Gasteiger charge is -2.12. The first-order chi connectivity index (χ1) is 9.19. The van der Waals surface area contributed by atoms with Crippen LogP contribution in [0.4, 0.5) is 4.39 Å². The molecule has 0 unspecified atom stereocenters. The first kappa shape index (κ1) is 13.1. The average Bonchev–Trinajstić information content (AvgIpc) is 2.46. The van der Waals surface area contributed by atoms with E-state index in [0.717, 1.165) is 0 Å². The van der Waals surface area contributed by atoms with E-state index in [1.807, 2.05) is 0 Å². The van der Waals surface area contributed by atoms with Gasteiger partial charge in [0.25, 0.3) is 0 Å². The van der Waals surface area contributed by atoms with Gasteiger partial charge in [-0.15, -0.1) is 0 Å². The maximum absolute atomic E-state index is 13.1. The Morgan fingerprint density at radius 3 is 2.37 bits per heavy atom. The van der Waals surface area contributed by atoms with Crippen molar-refractivity contribution in [2.24, 2.45) is 0 Å². The van der Waals surface area contributed by atoms with Crippen molar-refractivity contribution >= 4 is 6.29 Å². The molecule has 0 aromatic heterocycles. The molecule has 0 aliphatic heterocycles. The summed E-state index contributed by atoms with van der Waals surface area (Å²) >= 11 is 0. The Hall–Kier alpha value is -2.36. The number of hydrogen-bond donors (Lipinski definition) is 0. The summed E-state index contributed by atoms with van der Waals surface area (Å²) in [6.07, 6.45) is 0.627. The fourth-order valence-corrected chi connectivity index (χ4v) is 1.90. The summed E-state index contributed by atoms with van der Waals surface area (Å²) in [4.78, 5) is 11.0. The lowest BCUT2D eigenvalue weighted by Crippen LogP contribution is -1.94. The van der Waals surface area contributed by atoms with E-state index in [-0.39, 0.29) is 5.56 Å². The summed E-state index contributed by atoms with van der Waals surface area (Å²) < 4.78 is 23.5. The first-order valence-electron chi connectivity index (χ1n) is 5.66. The standard InChI is InChI=1S/C15H13FO3/c1-18-12-4-6-14(15(8-12)19-2)13-5-3-11(16)7-10(13)9-17/h3-9H,1-2H3. The molecule has 4 heteroatoms. The average molecular weight is 260 g/mol. The molecular weight excluding hydrogens is 247 g/mol. The number of benzene rings is 2. The van der Waals surface area contributed by atoms with Crippen LogP contribution in [-0.4, -0.2) is 20.5 Å². The number of carbonyl (C=O) groups is 1. The molecule has 2 aromatic carbocycles. The van der Waals surface area contributed by atoms with Gasteiger partial charge in [-0.2, -0.15) is 0 Å². The number of halogens is 1. The molecule has 0 amide bonds. The van der Waals surface area contributed by atoms with Gasteiger partial charge in [-0.3, -0.25) is 4.79 Å². The van der Waals surface area contributed by atoms with Crippen LogP contribution in [-0.2, 0) is 0 Å². The van der Waals surface area contributed by atoms with E-state index in [2.05, 4.69) is 0 Å². The van der Waals surface area contributed by atoms with Crippen molar-refractivity contribution in [2.45, 2.75) is 0 Å². The van der Waals surface area contributed by atoms with E-state index in [9.17, 15) is 9.18 Å². The summed E-state index contributed by atoms with van der Waals surface area (Å²) in [6.45, 7) is 0. The fourth-order valence-electron chi connectivity index (χ4n) is 1.90. The summed E-state index contributed by atoms with van der Waals surface area (Å²) in [7, 11) is 3.09. The van der Waals surface area contributed by atoms with Crippen LogP contribution < -0.4 is 9.47 Å². The topological polar surface area (TPSA) is 35.5 Å². The van der Waals surface area contributed by atoms with Crippen LogP contribution in [0.25, 0.3) is 11.1 Å². The third-order valence-corrected chi connectivity index (χ3v) is 2.84. The lowest BCUT2D eigenvalue weighted by molar-refractivity contribution is 0.112. The molecule has 0 saturated carbocycles. The van der Waals surface area contributed by atoms with Crippen LogP contribution in [0.5, 0.6) is 11.5 Å². The normalized spacial score (nSPS) is 10.1. The van der Waals surface area contributed by atoms with Crippen molar-refractivity contribution < 1.29 is 18.7 Å². The summed E-state index contributed by atoms with van der Waals surface area (Å²) in [5.74, 6) is 0.766. The molecule has 2 aromatic rings. The summed E-state index contributed by atoms with van der Waals surface area (Å²) in [5, 5.41) is 0. The van der Waals surface area contributed by atoms with Crippen molar-refractivity contribution in [3.63, 3.8) is 0 Å². The number of rotatable bonds is 4. The third-order valence-electron chi connectivity index (χ3n) is 2.84. The second kappa shape index (κ2) is 5.52. The number of aldehydes is 1. The molecule has 0 bridgehead atoms. The maximum atomic E-state index is 13.1. The van der Waals surface area contributed by atoms with Crippen LogP contribution in [0.3, 0.4) is 0 Å². The zero-order chi connectivity index (χ0) is 13.8. The number of ether oxygens (including phenoxy) is 2. The Morgan fingerprint density at radius 2 is 1.74 bits per heavy atom. The van der Waals surface area contributed by atoms with E-state index in [1.165, 1.54) is 19.2 Å². The van der Waals surface area contributed by atoms with Gasteiger partial charge in [0.05, 0.1) is 14.2 Å². The Bertz CT molecular complexity index is 608. The Kier molecular flexibility index (Phi) is 3.80. The highest BCUT2D eigenvalue weighted by Crippen LogP contribution is 2.34. The van der Waals surface area contributed by atoms with Crippen LogP contribution >= 0.6 is 0 Å². The van der Waals surface area contributed by atoms with Gasteiger partial charge in [0, 0.05) is 17.2 Å². The van der Waals surface area contributed by atoms with Crippen LogP contribution in [0.2, 0.25) is 0 Å². The largest absolute Gasteiger partial charge is 0.497 e. The van der Waals surface area contributed by atoms with Crippen molar-refractivity contribution in [3.8, 4) is 22.6 Å². The third kappa shape index (κ3) is 2.57. The van der Waals surface area contributed by atoms with E-state index in [4.69, 9.17) is 9.47 Å². The minimum atomic E-state index is -0.446. The van der Waals surface area contributed by atoms with Crippen LogP contribution in [0.1, 0.15) is 10.4 Å². The van der Waals surface area contributed by atoms with Gasteiger partial charge in [-0.1, -0.05) is 6.07 Å². The molecule has 0 aliphatic rings. The smallest absolute Gasteiger partial charge is 0.150 e. The molecule has 0 atom stereocenters. The van der Waals surface area contributed by atoms with E-state index in [0.29, 0.717) is 28.9 Å². The van der Waals surface area contributed by atoms with Crippen LogP contribution in [0.15, 0.2) is 36.4 Å². The zero-order valence-corrected chi connectivity index (χ0v) is 10.6. The molecule has 2 rings (SSSR count). The summed E-state index contributed by atoms with van der Waals surface area (Å²) in [5.41, 5.74) is 1.62. The highest BCUT2D eigenvalue weighted by Gasteiger charge is 2.12. The van der Waals surface area contributed by atoms with E-state index < -0.39 is 5.82 Å². The maximum Gasteiger partial charge on any atom is 0.150 e. The van der Waals surface area contributed by atoms with Gasteiger partial charge in [-0.05, 0) is 29.8 Å². The highest BCUT2D eigenvalue weighted by atomic mass is 19.1. The predicted molar refractivity (Wildman–Crippen MR) is 70.3 cm³/mol. The monoisotopic (exact) mass is 260 g/mol. The molecule has 0 radical (unpaired) electrons. The molecule has 0 heterocycles. The Morgan fingerprint density at radius 1 is 1.00 bits per heavy atom. The molecule has 3 nitrogen and oxygen atoms in total. The molecule has 0 fully saturated rings. The van der Waals surface area contributed by atoms with Gasteiger partial charge < -0.3 is 9.47 Å². The predicted octanol–water partition coefficient (Wildman–Crippen LogP) is 3.32. The minimum Gasteiger partial charge on any atom is -0.497 e. The number of carbonyl (C=O) groups excluding carboxylic acids is 1. The SMILES string of the molecule is COc1ccc(-c2ccc(F)cc2C=O)c(OC)c1. The molecule has 0 saturated heterocycles. The van der Waals surface area contributed by atoms with E-state index in [1.54, 1.807) is 31.4 Å². The van der Waals surface area contributed by atoms with Crippen molar-refractivity contribution in [2.75, 3.05) is 14.2 Å². The molecule has 98 valence electrons. The van der Waals surface area contributed by atoms with Crippen molar-refractivity contribution in [1.29, 1.82) is 0 Å². The second-order valence-corrected chi connectivity index (χ2v) is 3.92. The molecule has 0 aliphatic carbocycles. The fraction of sp³-hybridized carbons (Fsp3) is 0.133. The van der Waals surface area contributed by atoms with Gasteiger partial charge in [-0.25, -0.2) is 4.39 Å². The quantitative estimate of drug-likeness (QED) is 0.791.